The first-order chi connectivity index (χ1) is 13.2. The number of hydrogen-bond acceptors (Lipinski definition) is 3. The maximum absolute atomic E-state index is 13.3. The number of amides is 1. The fraction of sp³-hybridized carbons (Fsp3) is 0.333. The molecule has 2 unspecified atom stereocenters. The topological polar surface area (TPSA) is 75.6 Å². The summed E-state index contributed by atoms with van der Waals surface area (Å²) in [6.45, 7) is 5.39. The van der Waals surface area contributed by atoms with Crippen LogP contribution in [-0.2, 0) is 16.1 Å². The molecule has 0 aliphatic heterocycles. The van der Waals surface area contributed by atoms with E-state index >= 15 is 0 Å². The van der Waals surface area contributed by atoms with Crippen LogP contribution in [0.25, 0.3) is 0 Å². The Morgan fingerprint density at radius 3 is 2.21 bits per heavy atom. The Morgan fingerprint density at radius 1 is 1.04 bits per heavy atom. The number of halogens is 2. The molecule has 0 heterocycles. The predicted molar refractivity (Wildman–Crippen MR) is 99.7 cm³/mol. The molecule has 0 bridgehead atoms. The van der Waals surface area contributed by atoms with E-state index in [4.69, 9.17) is 9.84 Å². The Balaban J connectivity index is 2.01. The van der Waals surface area contributed by atoms with E-state index in [2.05, 4.69) is 5.32 Å². The number of carbonyl (C=O) groups excluding carboxylic acids is 1. The lowest BCUT2D eigenvalue weighted by Gasteiger charge is -2.23. The first-order valence-corrected chi connectivity index (χ1v) is 8.88. The molecule has 2 aromatic rings. The molecule has 0 aromatic heterocycles. The molecule has 5 nitrogen and oxygen atoms in total. The molecule has 0 saturated carbocycles. The zero-order valence-corrected chi connectivity index (χ0v) is 15.9. The van der Waals surface area contributed by atoms with E-state index in [-0.39, 0.29) is 30.0 Å². The number of nitrogens with one attached hydrogen (secondary N) is 1. The van der Waals surface area contributed by atoms with Gasteiger partial charge in [-0.2, -0.15) is 0 Å². The highest BCUT2D eigenvalue weighted by Gasteiger charge is 2.25. The second kappa shape index (κ2) is 9.41. The van der Waals surface area contributed by atoms with Gasteiger partial charge in [-0.05, 0) is 48.2 Å². The molecule has 1 amide bonds. The summed E-state index contributed by atoms with van der Waals surface area (Å²) < 4.78 is 32.0. The number of hydrogen-bond donors (Lipinski definition) is 2. The van der Waals surface area contributed by atoms with Gasteiger partial charge in [-0.1, -0.05) is 32.0 Å². The summed E-state index contributed by atoms with van der Waals surface area (Å²) in [5.74, 6) is -3.41. The number of benzene rings is 2. The maximum Gasteiger partial charge on any atom is 0.335 e. The highest BCUT2D eigenvalue weighted by atomic mass is 19.2. The highest BCUT2D eigenvalue weighted by Crippen LogP contribution is 2.17. The summed E-state index contributed by atoms with van der Waals surface area (Å²) in [6.07, 6.45) is -0.783. The van der Waals surface area contributed by atoms with Gasteiger partial charge < -0.3 is 15.2 Å². The summed E-state index contributed by atoms with van der Waals surface area (Å²) in [7, 11) is 0. The zero-order chi connectivity index (χ0) is 20.8. The van der Waals surface area contributed by atoms with Gasteiger partial charge in [0.05, 0.1) is 18.2 Å². The van der Waals surface area contributed by atoms with Crippen LogP contribution in [0.5, 0.6) is 0 Å². The van der Waals surface area contributed by atoms with E-state index in [1.54, 1.807) is 19.1 Å². The van der Waals surface area contributed by atoms with Crippen LogP contribution in [0, 0.1) is 17.6 Å². The second-order valence-corrected chi connectivity index (χ2v) is 6.88. The van der Waals surface area contributed by atoms with Crippen molar-refractivity contribution in [3.8, 4) is 0 Å². The normalized spacial score (nSPS) is 13.2. The van der Waals surface area contributed by atoms with E-state index < -0.39 is 23.7 Å². The standard InChI is InChI=1S/C21H23F2NO4/c1-12(2)19(28-11-14-4-9-17(22)18(23)10-14)20(25)24-13(3)15-5-7-16(8-6-15)21(26)27/h4-10,12-13,19H,11H2,1-3H3,(H,24,25)(H,26,27). The summed E-state index contributed by atoms with van der Waals surface area (Å²) in [4.78, 5) is 23.5. The minimum Gasteiger partial charge on any atom is -0.478 e. The largest absolute Gasteiger partial charge is 0.478 e. The molecule has 0 aliphatic carbocycles. The number of carboxylic acids is 1. The highest BCUT2D eigenvalue weighted by molar-refractivity contribution is 5.87. The number of carboxylic acid groups (broad SMARTS) is 1. The Labute approximate surface area is 162 Å². The van der Waals surface area contributed by atoms with Crippen LogP contribution in [0.1, 0.15) is 48.3 Å². The summed E-state index contributed by atoms with van der Waals surface area (Å²) in [5.41, 5.74) is 1.34. The van der Waals surface area contributed by atoms with Crippen molar-refractivity contribution < 1.29 is 28.2 Å². The molecule has 0 aliphatic rings. The van der Waals surface area contributed by atoms with Crippen molar-refractivity contribution in [3.05, 3.63) is 70.8 Å². The van der Waals surface area contributed by atoms with Gasteiger partial charge in [-0.25, -0.2) is 13.6 Å². The van der Waals surface area contributed by atoms with Crippen molar-refractivity contribution >= 4 is 11.9 Å². The van der Waals surface area contributed by atoms with E-state index in [1.165, 1.54) is 18.2 Å². The van der Waals surface area contributed by atoms with Crippen molar-refractivity contribution in [2.45, 2.75) is 39.5 Å². The minimum atomic E-state index is -1.02. The van der Waals surface area contributed by atoms with Crippen molar-refractivity contribution in [1.82, 2.24) is 5.32 Å². The van der Waals surface area contributed by atoms with E-state index in [0.717, 1.165) is 17.7 Å². The van der Waals surface area contributed by atoms with Crippen molar-refractivity contribution in [2.75, 3.05) is 0 Å². The summed E-state index contributed by atoms with van der Waals surface area (Å²) in [5, 5.41) is 11.8. The Bertz CT molecular complexity index is 837. The quantitative estimate of drug-likeness (QED) is 0.711. The monoisotopic (exact) mass is 391 g/mol. The second-order valence-electron chi connectivity index (χ2n) is 6.88. The molecule has 28 heavy (non-hydrogen) atoms. The first-order valence-electron chi connectivity index (χ1n) is 8.88. The van der Waals surface area contributed by atoms with Crippen LogP contribution >= 0.6 is 0 Å². The molecule has 0 fully saturated rings. The molecule has 0 saturated heterocycles. The van der Waals surface area contributed by atoms with E-state index in [1.807, 2.05) is 13.8 Å². The number of aromatic carboxylic acids is 1. The Kier molecular flexibility index (Phi) is 7.23. The molecule has 2 N–H and O–H groups in total. The Morgan fingerprint density at radius 2 is 1.68 bits per heavy atom. The van der Waals surface area contributed by atoms with Crippen LogP contribution in [0.2, 0.25) is 0 Å². The molecular formula is C21H23F2NO4. The van der Waals surface area contributed by atoms with Gasteiger partial charge in [0, 0.05) is 0 Å². The van der Waals surface area contributed by atoms with Gasteiger partial charge in [0.15, 0.2) is 11.6 Å². The van der Waals surface area contributed by atoms with Crippen molar-refractivity contribution in [2.24, 2.45) is 5.92 Å². The summed E-state index contributed by atoms with van der Waals surface area (Å²) in [6, 6.07) is 9.32. The number of rotatable bonds is 8. The molecule has 2 aromatic carbocycles. The van der Waals surface area contributed by atoms with Gasteiger partial charge in [-0.15, -0.1) is 0 Å². The molecule has 2 rings (SSSR count). The van der Waals surface area contributed by atoms with Gasteiger partial charge in [0.25, 0.3) is 0 Å². The minimum absolute atomic E-state index is 0.0326. The maximum atomic E-state index is 13.3. The smallest absolute Gasteiger partial charge is 0.335 e. The lowest BCUT2D eigenvalue weighted by atomic mass is 10.0. The molecule has 2 atom stereocenters. The van der Waals surface area contributed by atoms with Gasteiger partial charge in [0.1, 0.15) is 6.10 Å². The third-order valence-electron chi connectivity index (χ3n) is 4.29. The molecule has 0 spiro atoms. The fourth-order valence-corrected chi connectivity index (χ4v) is 2.68. The van der Waals surface area contributed by atoms with Crippen LogP contribution in [0.3, 0.4) is 0 Å². The fourth-order valence-electron chi connectivity index (χ4n) is 2.68. The average molecular weight is 391 g/mol. The van der Waals surface area contributed by atoms with E-state index in [0.29, 0.717) is 5.56 Å². The molecule has 150 valence electrons. The SMILES string of the molecule is CC(NC(=O)C(OCc1ccc(F)c(F)c1)C(C)C)c1ccc(C(=O)O)cc1. The molecule has 7 heteroatoms. The van der Waals surface area contributed by atoms with Gasteiger partial charge in [-0.3, -0.25) is 4.79 Å². The average Bonchev–Trinajstić information content (AvgIpc) is 2.64. The van der Waals surface area contributed by atoms with Crippen LogP contribution in [0.15, 0.2) is 42.5 Å². The van der Waals surface area contributed by atoms with Crippen LogP contribution in [-0.4, -0.2) is 23.1 Å². The van der Waals surface area contributed by atoms with Gasteiger partial charge in [0.2, 0.25) is 5.91 Å². The lowest BCUT2D eigenvalue weighted by Crippen LogP contribution is -2.40. The zero-order valence-electron chi connectivity index (χ0n) is 15.9. The van der Waals surface area contributed by atoms with E-state index in [9.17, 15) is 18.4 Å². The van der Waals surface area contributed by atoms with Gasteiger partial charge >= 0.3 is 5.97 Å². The molecular weight excluding hydrogens is 368 g/mol. The summed E-state index contributed by atoms with van der Waals surface area (Å²) >= 11 is 0. The number of carbonyl (C=O) groups is 2. The Hall–Kier alpha value is -2.80. The third-order valence-corrected chi connectivity index (χ3v) is 4.29. The third kappa shape index (κ3) is 5.60. The first kappa shape index (κ1) is 21.5. The van der Waals surface area contributed by atoms with Crippen molar-refractivity contribution in [3.63, 3.8) is 0 Å². The molecule has 0 radical (unpaired) electrons. The lowest BCUT2D eigenvalue weighted by molar-refractivity contribution is -0.137. The number of ether oxygens (including phenoxy) is 1. The predicted octanol–water partition coefficient (Wildman–Crippen LogP) is 4.08. The van der Waals surface area contributed by atoms with Crippen molar-refractivity contribution in [1.29, 1.82) is 0 Å². The van der Waals surface area contributed by atoms with Crippen LogP contribution < -0.4 is 5.32 Å². The van der Waals surface area contributed by atoms with Crippen LogP contribution in [0.4, 0.5) is 8.78 Å².